The van der Waals surface area contributed by atoms with E-state index in [9.17, 15) is 0 Å². The Morgan fingerprint density at radius 3 is 2.88 bits per heavy atom. The standard InChI is InChI=1S/C13H20N4/c1-4-7-10(2)14-11(3)13-16-15-12-8-5-6-9-17(12)13/h5-6,8-11,14H,4,7H2,1-3H3/t10-,11-/m0/s1. The Hall–Kier alpha value is -1.42. The summed E-state index contributed by atoms with van der Waals surface area (Å²) in [5.74, 6) is 0.976. The first-order valence-corrected chi connectivity index (χ1v) is 6.28. The molecule has 0 amide bonds. The maximum atomic E-state index is 4.26. The molecule has 0 spiro atoms. The third-order valence-electron chi connectivity index (χ3n) is 2.98. The smallest absolute Gasteiger partial charge is 0.160 e. The van der Waals surface area contributed by atoms with E-state index in [1.54, 1.807) is 0 Å². The van der Waals surface area contributed by atoms with Crippen LogP contribution in [0.15, 0.2) is 24.4 Å². The largest absolute Gasteiger partial charge is 0.305 e. The van der Waals surface area contributed by atoms with Gasteiger partial charge in [-0.2, -0.15) is 0 Å². The van der Waals surface area contributed by atoms with Crippen LogP contribution in [0.1, 0.15) is 45.5 Å². The maximum absolute atomic E-state index is 4.26. The van der Waals surface area contributed by atoms with Gasteiger partial charge in [-0.3, -0.25) is 4.40 Å². The molecule has 92 valence electrons. The molecule has 0 saturated carbocycles. The second kappa shape index (κ2) is 5.27. The summed E-state index contributed by atoms with van der Waals surface area (Å²) in [6.45, 7) is 6.55. The monoisotopic (exact) mass is 232 g/mol. The fourth-order valence-corrected chi connectivity index (χ4v) is 2.17. The quantitative estimate of drug-likeness (QED) is 0.861. The summed E-state index contributed by atoms with van der Waals surface area (Å²) in [6.07, 6.45) is 4.38. The second-order valence-electron chi connectivity index (χ2n) is 4.57. The minimum Gasteiger partial charge on any atom is -0.305 e. The fraction of sp³-hybridized carbons (Fsp3) is 0.538. The fourth-order valence-electron chi connectivity index (χ4n) is 2.17. The third-order valence-corrected chi connectivity index (χ3v) is 2.98. The number of hydrogen-bond acceptors (Lipinski definition) is 3. The summed E-state index contributed by atoms with van der Waals surface area (Å²) in [5.41, 5.74) is 0.902. The number of pyridine rings is 1. The molecule has 2 aromatic heterocycles. The van der Waals surface area contributed by atoms with Crippen molar-refractivity contribution >= 4 is 5.65 Å². The van der Waals surface area contributed by atoms with Gasteiger partial charge in [-0.15, -0.1) is 10.2 Å². The summed E-state index contributed by atoms with van der Waals surface area (Å²) >= 11 is 0. The average molecular weight is 232 g/mol. The van der Waals surface area contributed by atoms with Gasteiger partial charge in [0.1, 0.15) is 0 Å². The van der Waals surface area contributed by atoms with Crippen LogP contribution in [0.5, 0.6) is 0 Å². The summed E-state index contributed by atoms with van der Waals surface area (Å²) in [7, 11) is 0. The van der Waals surface area contributed by atoms with Gasteiger partial charge >= 0.3 is 0 Å². The molecule has 2 atom stereocenters. The zero-order chi connectivity index (χ0) is 12.3. The van der Waals surface area contributed by atoms with E-state index in [0.717, 1.165) is 11.5 Å². The topological polar surface area (TPSA) is 42.2 Å². The molecule has 0 unspecified atom stereocenters. The number of hydrogen-bond donors (Lipinski definition) is 1. The predicted molar refractivity (Wildman–Crippen MR) is 68.9 cm³/mol. The minimum absolute atomic E-state index is 0.217. The molecule has 2 heterocycles. The number of aromatic nitrogens is 3. The SMILES string of the molecule is CCC[C@H](C)N[C@@H](C)c1nnc2ccccn12. The minimum atomic E-state index is 0.217. The van der Waals surface area contributed by atoms with Crippen molar-refractivity contribution in [2.24, 2.45) is 0 Å². The van der Waals surface area contributed by atoms with E-state index in [2.05, 4.69) is 36.3 Å². The lowest BCUT2D eigenvalue weighted by Gasteiger charge is -2.18. The van der Waals surface area contributed by atoms with Crippen molar-refractivity contribution in [1.29, 1.82) is 0 Å². The van der Waals surface area contributed by atoms with Gasteiger partial charge in [-0.25, -0.2) is 0 Å². The van der Waals surface area contributed by atoms with Crippen molar-refractivity contribution in [2.45, 2.75) is 45.7 Å². The van der Waals surface area contributed by atoms with Crippen LogP contribution >= 0.6 is 0 Å². The lowest BCUT2D eigenvalue weighted by Crippen LogP contribution is -2.29. The Balaban J connectivity index is 2.16. The number of rotatable bonds is 5. The van der Waals surface area contributed by atoms with Crippen LogP contribution in [0, 0.1) is 0 Å². The molecule has 0 saturated heterocycles. The molecule has 4 heteroatoms. The average Bonchev–Trinajstić information content (AvgIpc) is 2.72. The van der Waals surface area contributed by atoms with Gasteiger partial charge < -0.3 is 5.32 Å². The molecule has 0 aliphatic rings. The lowest BCUT2D eigenvalue weighted by molar-refractivity contribution is 0.438. The summed E-state index contributed by atoms with van der Waals surface area (Å²) < 4.78 is 2.04. The van der Waals surface area contributed by atoms with E-state index in [0.29, 0.717) is 6.04 Å². The Morgan fingerprint density at radius 1 is 1.29 bits per heavy atom. The zero-order valence-electron chi connectivity index (χ0n) is 10.7. The molecule has 2 rings (SSSR count). The molecule has 2 aromatic rings. The maximum Gasteiger partial charge on any atom is 0.160 e. The molecule has 0 aromatic carbocycles. The van der Waals surface area contributed by atoms with Gasteiger partial charge in [0.25, 0.3) is 0 Å². The second-order valence-corrected chi connectivity index (χ2v) is 4.57. The van der Waals surface area contributed by atoms with Gasteiger partial charge in [0.05, 0.1) is 6.04 Å². The van der Waals surface area contributed by atoms with Crippen molar-refractivity contribution in [3.63, 3.8) is 0 Å². The molecule has 0 radical (unpaired) electrons. The predicted octanol–water partition coefficient (Wildman–Crippen LogP) is 2.57. The lowest BCUT2D eigenvalue weighted by atomic mass is 10.1. The molecular weight excluding hydrogens is 212 g/mol. The zero-order valence-corrected chi connectivity index (χ0v) is 10.7. The third kappa shape index (κ3) is 2.64. The van der Waals surface area contributed by atoms with Crippen molar-refractivity contribution in [3.8, 4) is 0 Å². The molecule has 0 fully saturated rings. The van der Waals surface area contributed by atoms with E-state index in [-0.39, 0.29) is 6.04 Å². The normalized spacial score (nSPS) is 15.0. The van der Waals surface area contributed by atoms with Gasteiger partial charge in [-0.1, -0.05) is 19.4 Å². The van der Waals surface area contributed by atoms with Gasteiger partial charge in [0.2, 0.25) is 0 Å². The van der Waals surface area contributed by atoms with Crippen molar-refractivity contribution in [3.05, 3.63) is 30.2 Å². The highest BCUT2D eigenvalue weighted by Gasteiger charge is 2.14. The molecule has 0 aliphatic heterocycles. The van der Waals surface area contributed by atoms with Crippen LogP contribution in [0.25, 0.3) is 5.65 Å². The molecule has 17 heavy (non-hydrogen) atoms. The van der Waals surface area contributed by atoms with E-state index < -0.39 is 0 Å². The van der Waals surface area contributed by atoms with Crippen LogP contribution in [0.3, 0.4) is 0 Å². The molecular formula is C13H20N4. The molecule has 1 N–H and O–H groups in total. The van der Waals surface area contributed by atoms with Gasteiger partial charge in [0, 0.05) is 12.2 Å². The van der Waals surface area contributed by atoms with Crippen LogP contribution in [-0.4, -0.2) is 20.6 Å². The van der Waals surface area contributed by atoms with Crippen molar-refractivity contribution in [1.82, 2.24) is 19.9 Å². The summed E-state index contributed by atoms with van der Waals surface area (Å²) in [5, 5.41) is 12.0. The highest BCUT2D eigenvalue weighted by Crippen LogP contribution is 2.13. The van der Waals surface area contributed by atoms with Gasteiger partial charge in [0.15, 0.2) is 11.5 Å². The summed E-state index contributed by atoms with van der Waals surface area (Å²) in [4.78, 5) is 0. The van der Waals surface area contributed by atoms with Crippen LogP contribution in [0.2, 0.25) is 0 Å². The Bertz CT molecular complexity index is 477. The van der Waals surface area contributed by atoms with Crippen LogP contribution in [-0.2, 0) is 0 Å². The highest BCUT2D eigenvalue weighted by atomic mass is 15.3. The van der Waals surface area contributed by atoms with Crippen molar-refractivity contribution in [2.75, 3.05) is 0 Å². The first kappa shape index (κ1) is 12.0. The number of nitrogens with one attached hydrogen (secondary N) is 1. The van der Waals surface area contributed by atoms with E-state index in [1.165, 1.54) is 12.8 Å². The molecule has 0 aliphatic carbocycles. The number of fused-ring (bicyclic) bond motifs is 1. The van der Waals surface area contributed by atoms with Gasteiger partial charge in [-0.05, 0) is 32.4 Å². The van der Waals surface area contributed by atoms with E-state index in [1.807, 2.05) is 28.8 Å². The van der Waals surface area contributed by atoms with Crippen molar-refractivity contribution < 1.29 is 0 Å². The van der Waals surface area contributed by atoms with Crippen LogP contribution < -0.4 is 5.32 Å². The highest BCUT2D eigenvalue weighted by molar-refractivity contribution is 5.37. The Kier molecular flexibility index (Phi) is 3.74. The molecule has 4 nitrogen and oxygen atoms in total. The van der Waals surface area contributed by atoms with E-state index in [4.69, 9.17) is 0 Å². The first-order chi connectivity index (χ1) is 8.22. The first-order valence-electron chi connectivity index (χ1n) is 6.28. The van der Waals surface area contributed by atoms with E-state index >= 15 is 0 Å². The Morgan fingerprint density at radius 2 is 2.12 bits per heavy atom. The number of nitrogens with zero attached hydrogens (tertiary/aromatic N) is 3. The summed E-state index contributed by atoms with van der Waals surface area (Å²) in [6, 6.07) is 6.67. The molecule has 0 bridgehead atoms. The Labute approximate surface area is 102 Å². The van der Waals surface area contributed by atoms with Crippen LogP contribution in [0.4, 0.5) is 0 Å².